The van der Waals surface area contributed by atoms with E-state index >= 15 is 0 Å². The van der Waals surface area contributed by atoms with Crippen molar-refractivity contribution in [3.05, 3.63) is 66.0 Å². The van der Waals surface area contributed by atoms with Crippen molar-refractivity contribution in [2.24, 2.45) is 4.99 Å². The predicted octanol–water partition coefficient (Wildman–Crippen LogP) is 2.18. The molecule has 0 bridgehead atoms. The van der Waals surface area contributed by atoms with Gasteiger partial charge in [0.15, 0.2) is 5.96 Å². The number of nitrogens with one attached hydrogen (secondary N) is 1. The zero-order valence-electron chi connectivity index (χ0n) is 17.0. The summed E-state index contributed by atoms with van der Waals surface area (Å²) in [5.74, 6) is 0.494. The lowest BCUT2D eigenvalue weighted by atomic mass is 10.2. The number of aliphatic imine (C=N–C) groups is 1. The lowest BCUT2D eigenvalue weighted by Gasteiger charge is -2.37. The van der Waals surface area contributed by atoms with E-state index in [1.54, 1.807) is 25.1 Å². The molecule has 1 fully saturated rings. The SMILES string of the molecule is CN(C)C(=O)CNC(=NCc1ccccc1)N1CCN(c2ccccc2F)CC1. The standard InChI is InChI=1S/C22H28FN5O/c1-26(2)21(29)17-25-22(24-16-18-8-4-3-5-9-18)28-14-12-27(13-15-28)20-11-7-6-10-19(20)23/h3-11H,12-17H2,1-2H3,(H,24,25). The van der Waals surface area contributed by atoms with Gasteiger partial charge in [0.2, 0.25) is 5.91 Å². The molecule has 1 amide bonds. The van der Waals surface area contributed by atoms with Gasteiger partial charge in [0.25, 0.3) is 0 Å². The van der Waals surface area contributed by atoms with Crippen LogP contribution in [0.15, 0.2) is 59.6 Å². The number of anilines is 1. The van der Waals surface area contributed by atoms with Crippen molar-refractivity contribution < 1.29 is 9.18 Å². The Hall–Kier alpha value is -3.09. The van der Waals surface area contributed by atoms with Gasteiger partial charge >= 0.3 is 0 Å². The minimum atomic E-state index is -0.200. The average Bonchev–Trinajstić information content (AvgIpc) is 2.75. The number of nitrogens with zero attached hydrogens (tertiary/aromatic N) is 4. The van der Waals surface area contributed by atoms with E-state index in [1.807, 2.05) is 47.4 Å². The summed E-state index contributed by atoms with van der Waals surface area (Å²) in [6, 6.07) is 16.9. The fraction of sp³-hybridized carbons (Fsp3) is 0.364. The number of likely N-dealkylation sites (N-methyl/N-ethyl adjacent to an activating group) is 1. The molecule has 2 aromatic carbocycles. The number of carbonyl (C=O) groups is 1. The second-order valence-electron chi connectivity index (χ2n) is 7.19. The Bertz CT molecular complexity index is 832. The zero-order valence-corrected chi connectivity index (χ0v) is 17.0. The molecule has 1 N–H and O–H groups in total. The first-order chi connectivity index (χ1) is 14.0. The Kier molecular flexibility index (Phi) is 7.05. The number of hydrogen-bond acceptors (Lipinski definition) is 3. The second kappa shape index (κ2) is 9.91. The molecule has 1 aliphatic rings. The Morgan fingerprint density at radius 1 is 1.03 bits per heavy atom. The molecular formula is C22H28FN5O. The van der Waals surface area contributed by atoms with Gasteiger partial charge in [-0.25, -0.2) is 9.38 Å². The third kappa shape index (κ3) is 5.70. The Balaban J connectivity index is 1.67. The number of benzene rings is 2. The first-order valence-corrected chi connectivity index (χ1v) is 9.81. The van der Waals surface area contributed by atoms with Gasteiger partial charge in [-0.15, -0.1) is 0 Å². The summed E-state index contributed by atoms with van der Waals surface area (Å²) in [6.07, 6.45) is 0. The highest BCUT2D eigenvalue weighted by Gasteiger charge is 2.22. The van der Waals surface area contributed by atoms with Crippen LogP contribution >= 0.6 is 0 Å². The number of carbonyl (C=O) groups excluding carboxylic acids is 1. The van der Waals surface area contributed by atoms with E-state index in [0.717, 1.165) is 5.56 Å². The van der Waals surface area contributed by atoms with E-state index in [1.165, 1.54) is 6.07 Å². The first-order valence-electron chi connectivity index (χ1n) is 9.81. The van der Waals surface area contributed by atoms with Crippen molar-refractivity contribution in [1.82, 2.24) is 15.1 Å². The molecule has 1 heterocycles. The highest BCUT2D eigenvalue weighted by Crippen LogP contribution is 2.20. The van der Waals surface area contributed by atoms with E-state index < -0.39 is 0 Å². The Morgan fingerprint density at radius 3 is 2.34 bits per heavy atom. The average molecular weight is 397 g/mol. The molecule has 6 nitrogen and oxygen atoms in total. The summed E-state index contributed by atoms with van der Waals surface area (Å²) in [6.45, 7) is 3.50. The molecule has 0 aliphatic carbocycles. The van der Waals surface area contributed by atoms with Crippen LogP contribution in [0.2, 0.25) is 0 Å². The molecule has 0 spiro atoms. The lowest BCUT2D eigenvalue weighted by Crippen LogP contribution is -2.53. The summed E-state index contributed by atoms with van der Waals surface area (Å²) in [5, 5.41) is 3.20. The number of piperazine rings is 1. The fourth-order valence-corrected chi connectivity index (χ4v) is 3.20. The Labute approximate surface area is 171 Å². The fourth-order valence-electron chi connectivity index (χ4n) is 3.20. The summed E-state index contributed by atoms with van der Waals surface area (Å²) < 4.78 is 14.1. The van der Waals surface area contributed by atoms with Gasteiger partial charge in [0.1, 0.15) is 5.82 Å². The maximum absolute atomic E-state index is 14.1. The predicted molar refractivity (Wildman–Crippen MR) is 114 cm³/mol. The molecule has 154 valence electrons. The summed E-state index contributed by atoms with van der Waals surface area (Å²) in [7, 11) is 3.47. The number of guanidine groups is 1. The van der Waals surface area contributed by atoms with Gasteiger partial charge < -0.3 is 20.0 Å². The molecule has 1 saturated heterocycles. The molecule has 0 aromatic heterocycles. The minimum absolute atomic E-state index is 0.0117. The van der Waals surface area contributed by atoms with E-state index in [4.69, 9.17) is 4.99 Å². The van der Waals surface area contributed by atoms with Gasteiger partial charge in [0, 0.05) is 40.3 Å². The van der Waals surface area contributed by atoms with Gasteiger partial charge in [0.05, 0.1) is 18.8 Å². The van der Waals surface area contributed by atoms with Crippen LogP contribution in [0.1, 0.15) is 5.56 Å². The van der Waals surface area contributed by atoms with E-state index in [2.05, 4.69) is 10.2 Å². The molecule has 3 rings (SSSR count). The van der Waals surface area contributed by atoms with Crippen LogP contribution < -0.4 is 10.2 Å². The molecule has 0 saturated carbocycles. The van der Waals surface area contributed by atoms with Gasteiger partial charge in [-0.3, -0.25) is 4.79 Å². The smallest absolute Gasteiger partial charge is 0.241 e. The van der Waals surface area contributed by atoms with Crippen molar-refractivity contribution in [1.29, 1.82) is 0 Å². The minimum Gasteiger partial charge on any atom is -0.366 e. The van der Waals surface area contributed by atoms with E-state index in [-0.39, 0.29) is 18.3 Å². The maximum atomic E-state index is 14.1. The third-order valence-electron chi connectivity index (χ3n) is 4.92. The third-order valence-corrected chi connectivity index (χ3v) is 4.92. The highest BCUT2D eigenvalue weighted by molar-refractivity contribution is 5.86. The van der Waals surface area contributed by atoms with Crippen molar-refractivity contribution in [2.45, 2.75) is 6.54 Å². The molecule has 7 heteroatoms. The molecule has 0 unspecified atom stereocenters. The van der Waals surface area contributed by atoms with Crippen LogP contribution in [0, 0.1) is 5.82 Å². The number of hydrogen-bond donors (Lipinski definition) is 1. The van der Waals surface area contributed by atoms with Crippen molar-refractivity contribution in [3.63, 3.8) is 0 Å². The van der Waals surface area contributed by atoms with Gasteiger partial charge in [-0.2, -0.15) is 0 Å². The highest BCUT2D eigenvalue weighted by atomic mass is 19.1. The maximum Gasteiger partial charge on any atom is 0.241 e. The summed E-state index contributed by atoms with van der Waals surface area (Å²) >= 11 is 0. The van der Waals surface area contributed by atoms with Crippen LogP contribution in [-0.2, 0) is 11.3 Å². The number of amides is 1. The summed E-state index contributed by atoms with van der Waals surface area (Å²) in [5.41, 5.74) is 1.74. The molecule has 2 aromatic rings. The lowest BCUT2D eigenvalue weighted by molar-refractivity contribution is -0.127. The number of halogens is 1. The molecule has 1 aliphatic heterocycles. The normalized spacial score (nSPS) is 14.7. The van der Waals surface area contributed by atoms with Crippen LogP contribution in [0.3, 0.4) is 0 Å². The zero-order chi connectivity index (χ0) is 20.6. The van der Waals surface area contributed by atoms with Crippen LogP contribution in [0.4, 0.5) is 10.1 Å². The van der Waals surface area contributed by atoms with Crippen molar-refractivity contribution in [3.8, 4) is 0 Å². The Morgan fingerprint density at radius 2 is 1.69 bits per heavy atom. The summed E-state index contributed by atoms with van der Waals surface area (Å²) in [4.78, 5) is 22.5. The van der Waals surface area contributed by atoms with Crippen LogP contribution in [0.5, 0.6) is 0 Å². The van der Waals surface area contributed by atoms with E-state index in [0.29, 0.717) is 44.4 Å². The number of para-hydroxylation sites is 1. The van der Waals surface area contributed by atoms with Gasteiger partial charge in [-0.1, -0.05) is 42.5 Å². The number of rotatable bonds is 5. The molecular weight excluding hydrogens is 369 g/mol. The van der Waals surface area contributed by atoms with Crippen molar-refractivity contribution >= 4 is 17.6 Å². The van der Waals surface area contributed by atoms with Crippen molar-refractivity contribution in [2.75, 3.05) is 51.7 Å². The van der Waals surface area contributed by atoms with Gasteiger partial charge in [-0.05, 0) is 17.7 Å². The topological polar surface area (TPSA) is 51.2 Å². The first kappa shape index (κ1) is 20.6. The largest absolute Gasteiger partial charge is 0.366 e. The van der Waals surface area contributed by atoms with E-state index in [9.17, 15) is 9.18 Å². The monoisotopic (exact) mass is 397 g/mol. The van der Waals surface area contributed by atoms with Crippen LogP contribution in [0.25, 0.3) is 0 Å². The molecule has 29 heavy (non-hydrogen) atoms. The quantitative estimate of drug-likeness (QED) is 0.621. The second-order valence-corrected chi connectivity index (χ2v) is 7.19. The molecule has 0 radical (unpaired) electrons. The van der Waals surface area contributed by atoms with Crippen LogP contribution in [-0.4, -0.2) is 68.5 Å². The molecule has 0 atom stereocenters.